The van der Waals surface area contributed by atoms with Gasteiger partial charge in [-0.1, -0.05) is 36.8 Å². The highest BCUT2D eigenvalue weighted by Crippen LogP contribution is 2.22. The summed E-state index contributed by atoms with van der Waals surface area (Å²) in [5.41, 5.74) is 1.28. The predicted molar refractivity (Wildman–Crippen MR) is 105 cm³/mol. The number of likely N-dealkylation sites (tertiary alicyclic amines) is 1. The van der Waals surface area contributed by atoms with Crippen LogP contribution < -0.4 is 4.90 Å². The predicted octanol–water partition coefficient (Wildman–Crippen LogP) is 2.18. The van der Waals surface area contributed by atoms with Crippen LogP contribution in [0.15, 0.2) is 48.9 Å². The quantitative estimate of drug-likeness (QED) is 0.831. The molecule has 0 radical (unpaired) electrons. The van der Waals surface area contributed by atoms with E-state index >= 15 is 0 Å². The van der Waals surface area contributed by atoms with Crippen molar-refractivity contribution in [1.82, 2.24) is 19.8 Å². The summed E-state index contributed by atoms with van der Waals surface area (Å²) in [7, 11) is 0. The Morgan fingerprint density at radius 1 is 1.00 bits per heavy atom. The number of carbonyl (C=O) groups excluding carboxylic acids is 1. The molecule has 1 aromatic carbocycles. The van der Waals surface area contributed by atoms with Crippen LogP contribution in [0.1, 0.15) is 24.8 Å². The van der Waals surface area contributed by atoms with Crippen molar-refractivity contribution in [1.29, 1.82) is 0 Å². The number of hydrogen-bond donors (Lipinski definition) is 0. The summed E-state index contributed by atoms with van der Waals surface area (Å²) in [5.74, 6) is 1.19. The van der Waals surface area contributed by atoms with Crippen molar-refractivity contribution in [2.24, 2.45) is 0 Å². The Hall–Kier alpha value is -2.47. The normalized spacial score (nSPS) is 21.3. The molecule has 0 saturated carbocycles. The molecule has 4 rings (SSSR count). The fourth-order valence-electron chi connectivity index (χ4n) is 4.10. The lowest BCUT2D eigenvalue weighted by Gasteiger charge is -2.41. The maximum atomic E-state index is 13.2. The number of aromatic nitrogens is 2. The van der Waals surface area contributed by atoms with Crippen molar-refractivity contribution in [2.75, 3.05) is 37.6 Å². The smallest absolute Gasteiger partial charge is 0.240 e. The van der Waals surface area contributed by atoms with Gasteiger partial charge in [0, 0.05) is 45.1 Å². The Morgan fingerprint density at radius 3 is 2.56 bits per heavy atom. The molecule has 6 nitrogen and oxygen atoms in total. The Balaban J connectivity index is 1.37. The van der Waals surface area contributed by atoms with E-state index in [4.69, 9.17) is 0 Å². The average Bonchev–Trinajstić information content (AvgIpc) is 2.75. The van der Waals surface area contributed by atoms with E-state index in [1.54, 1.807) is 18.6 Å². The zero-order valence-corrected chi connectivity index (χ0v) is 15.7. The second kappa shape index (κ2) is 8.48. The molecule has 1 aromatic heterocycles. The highest BCUT2D eigenvalue weighted by Gasteiger charge is 2.33. The van der Waals surface area contributed by atoms with Crippen molar-refractivity contribution < 1.29 is 4.79 Å². The molecule has 0 N–H and O–H groups in total. The number of carbonyl (C=O) groups is 1. The first-order valence-corrected chi connectivity index (χ1v) is 9.89. The average molecular weight is 365 g/mol. The number of rotatable bonds is 4. The Morgan fingerprint density at radius 2 is 1.81 bits per heavy atom. The lowest BCUT2D eigenvalue weighted by molar-refractivity contribution is -0.138. The molecule has 2 aliphatic heterocycles. The van der Waals surface area contributed by atoms with Crippen molar-refractivity contribution >= 4 is 11.7 Å². The summed E-state index contributed by atoms with van der Waals surface area (Å²) in [5, 5.41) is 0. The summed E-state index contributed by atoms with van der Waals surface area (Å²) in [6, 6.07) is 10.5. The molecule has 2 aromatic rings. The molecule has 1 atom stereocenters. The van der Waals surface area contributed by atoms with Crippen LogP contribution in [0, 0.1) is 0 Å². The summed E-state index contributed by atoms with van der Waals surface area (Å²) >= 11 is 0. The van der Waals surface area contributed by atoms with Gasteiger partial charge in [0.15, 0.2) is 0 Å². The fraction of sp³-hybridized carbons (Fsp3) is 0.476. The first-order valence-electron chi connectivity index (χ1n) is 9.89. The molecule has 3 heterocycles. The van der Waals surface area contributed by atoms with Crippen LogP contribution in [-0.2, 0) is 11.3 Å². The molecule has 2 fully saturated rings. The van der Waals surface area contributed by atoms with Crippen molar-refractivity contribution in [3.8, 4) is 0 Å². The molecule has 6 heteroatoms. The number of piperazine rings is 1. The molecule has 142 valence electrons. The van der Waals surface area contributed by atoms with Crippen LogP contribution in [0.4, 0.5) is 5.82 Å². The molecule has 1 amide bonds. The van der Waals surface area contributed by atoms with Crippen molar-refractivity contribution in [2.45, 2.75) is 31.8 Å². The number of piperidine rings is 1. The molecule has 0 spiro atoms. The SMILES string of the molecule is O=C([C@@H]1CCCCN1Cc1ccccc1)N1CCN(c2cnccn2)CC1. The molecular weight excluding hydrogens is 338 g/mol. The Kier molecular flexibility index (Phi) is 5.63. The van der Waals surface area contributed by atoms with Crippen LogP contribution in [0.2, 0.25) is 0 Å². The van der Waals surface area contributed by atoms with Gasteiger partial charge in [-0.3, -0.25) is 14.7 Å². The third-order valence-electron chi connectivity index (χ3n) is 5.59. The molecule has 27 heavy (non-hydrogen) atoms. The van der Waals surface area contributed by atoms with Crippen LogP contribution in [-0.4, -0.2) is 64.4 Å². The number of amides is 1. The first-order chi connectivity index (χ1) is 13.3. The molecular formula is C21H27N5O. The summed E-state index contributed by atoms with van der Waals surface area (Å²) < 4.78 is 0. The maximum absolute atomic E-state index is 13.2. The van der Waals surface area contributed by atoms with E-state index in [9.17, 15) is 4.79 Å². The van der Waals surface area contributed by atoms with Crippen LogP contribution in [0.3, 0.4) is 0 Å². The third-order valence-corrected chi connectivity index (χ3v) is 5.59. The van der Waals surface area contributed by atoms with Gasteiger partial charge in [0.1, 0.15) is 5.82 Å². The van der Waals surface area contributed by atoms with E-state index in [1.807, 2.05) is 11.0 Å². The second-order valence-corrected chi connectivity index (χ2v) is 7.34. The molecule has 0 bridgehead atoms. The van der Waals surface area contributed by atoms with E-state index in [1.165, 1.54) is 12.0 Å². The standard InChI is InChI=1S/C21H27N5O/c27-21(25-14-12-24(13-15-25)20-16-22-9-10-23-20)19-8-4-5-11-26(19)17-18-6-2-1-3-7-18/h1-3,6-7,9-10,16,19H,4-5,8,11-15,17H2/t19-/m0/s1. The zero-order valence-electron chi connectivity index (χ0n) is 15.7. The van der Waals surface area contributed by atoms with Gasteiger partial charge in [0.25, 0.3) is 0 Å². The number of hydrogen-bond acceptors (Lipinski definition) is 5. The number of nitrogens with zero attached hydrogens (tertiary/aromatic N) is 5. The summed E-state index contributed by atoms with van der Waals surface area (Å²) in [6.45, 7) is 5.00. The van der Waals surface area contributed by atoms with Crippen LogP contribution in [0.25, 0.3) is 0 Å². The van der Waals surface area contributed by atoms with Crippen molar-refractivity contribution in [3.05, 3.63) is 54.5 Å². The van der Waals surface area contributed by atoms with E-state index < -0.39 is 0 Å². The number of anilines is 1. The van der Waals surface area contributed by atoms with Gasteiger partial charge in [-0.2, -0.15) is 0 Å². The maximum Gasteiger partial charge on any atom is 0.240 e. The van der Waals surface area contributed by atoms with E-state index in [0.29, 0.717) is 5.91 Å². The summed E-state index contributed by atoms with van der Waals surface area (Å²) in [6.07, 6.45) is 8.48. The monoisotopic (exact) mass is 365 g/mol. The molecule has 0 unspecified atom stereocenters. The van der Waals surface area contributed by atoms with Gasteiger partial charge >= 0.3 is 0 Å². The minimum atomic E-state index is 0.0158. The molecule has 2 aliphatic rings. The lowest BCUT2D eigenvalue weighted by Crippen LogP contribution is -2.56. The second-order valence-electron chi connectivity index (χ2n) is 7.34. The lowest BCUT2D eigenvalue weighted by atomic mass is 9.99. The van der Waals surface area contributed by atoms with E-state index in [0.717, 1.165) is 57.9 Å². The molecule has 2 saturated heterocycles. The van der Waals surface area contributed by atoms with Crippen LogP contribution >= 0.6 is 0 Å². The van der Waals surface area contributed by atoms with Crippen LogP contribution in [0.5, 0.6) is 0 Å². The van der Waals surface area contributed by atoms with Gasteiger partial charge in [0.2, 0.25) is 5.91 Å². The van der Waals surface area contributed by atoms with Crippen molar-refractivity contribution in [3.63, 3.8) is 0 Å². The van der Waals surface area contributed by atoms with Gasteiger partial charge in [-0.05, 0) is 24.9 Å². The fourth-order valence-corrected chi connectivity index (χ4v) is 4.10. The minimum Gasteiger partial charge on any atom is -0.352 e. The third kappa shape index (κ3) is 4.27. The molecule has 0 aliphatic carbocycles. The number of benzene rings is 1. The van der Waals surface area contributed by atoms with E-state index in [2.05, 4.69) is 44.0 Å². The van der Waals surface area contributed by atoms with Gasteiger partial charge in [-0.25, -0.2) is 4.98 Å². The van der Waals surface area contributed by atoms with Gasteiger partial charge in [0.05, 0.1) is 12.2 Å². The minimum absolute atomic E-state index is 0.0158. The first kappa shape index (κ1) is 17.9. The summed E-state index contributed by atoms with van der Waals surface area (Å²) in [4.78, 5) is 28.4. The zero-order chi connectivity index (χ0) is 18.5. The largest absolute Gasteiger partial charge is 0.352 e. The van der Waals surface area contributed by atoms with Gasteiger partial charge < -0.3 is 9.80 Å². The highest BCUT2D eigenvalue weighted by molar-refractivity contribution is 5.82. The highest BCUT2D eigenvalue weighted by atomic mass is 16.2. The van der Waals surface area contributed by atoms with Gasteiger partial charge in [-0.15, -0.1) is 0 Å². The Bertz CT molecular complexity index is 731. The topological polar surface area (TPSA) is 52.6 Å². The Labute approximate surface area is 160 Å². The van der Waals surface area contributed by atoms with E-state index in [-0.39, 0.29) is 6.04 Å².